The first-order valence-electron chi connectivity index (χ1n) is 10.4. The number of nitrogens with zero attached hydrogens (tertiary/aromatic N) is 5. The molecule has 2 fully saturated rings. The van der Waals surface area contributed by atoms with Crippen LogP contribution in [0.5, 0.6) is 0 Å². The second-order valence-corrected chi connectivity index (χ2v) is 9.29. The molecule has 1 amide bonds. The molecule has 30 heavy (non-hydrogen) atoms. The molecule has 1 aromatic carbocycles. The van der Waals surface area contributed by atoms with Gasteiger partial charge in [-0.05, 0) is 50.3 Å². The minimum atomic E-state index is -0.196. The van der Waals surface area contributed by atoms with Gasteiger partial charge < -0.3 is 14.3 Å². The fourth-order valence-electron chi connectivity index (χ4n) is 4.91. The highest BCUT2D eigenvalue weighted by Gasteiger charge is 2.60. The molecule has 3 heterocycles. The Morgan fingerprint density at radius 1 is 1.33 bits per heavy atom. The predicted molar refractivity (Wildman–Crippen MR) is 111 cm³/mol. The lowest BCUT2D eigenvalue weighted by atomic mass is 9.98. The van der Waals surface area contributed by atoms with Crippen LogP contribution in [-0.2, 0) is 4.84 Å². The molecule has 1 saturated carbocycles. The quantitative estimate of drug-likeness (QED) is 0.785. The van der Waals surface area contributed by atoms with E-state index in [2.05, 4.69) is 30.1 Å². The third kappa shape index (κ3) is 3.17. The van der Waals surface area contributed by atoms with E-state index in [0.717, 1.165) is 25.1 Å². The number of aromatic nitrogens is 2. The zero-order chi connectivity index (χ0) is 21.0. The standard InChI is InChI=1S/C23H25N5O2/c1-14(16-6-4-5-15(7-16)9-24)28-12-20(25-13-28)22(29)27-10-17-18(11-27)21(17)19-8-23(2,3)30-26-19/h4-7,12-14,17-18,21H,8,10-11H2,1-3H3/t14-,17-,18-/m0/s1. The van der Waals surface area contributed by atoms with Crippen molar-refractivity contribution in [3.63, 3.8) is 0 Å². The molecule has 5 rings (SSSR count). The molecule has 0 unspecified atom stereocenters. The van der Waals surface area contributed by atoms with E-state index in [9.17, 15) is 4.79 Å². The van der Waals surface area contributed by atoms with Crippen molar-refractivity contribution in [3.05, 3.63) is 53.6 Å². The summed E-state index contributed by atoms with van der Waals surface area (Å²) in [5, 5.41) is 13.4. The van der Waals surface area contributed by atoms with Crippen LogP contribution in [0, 0.1) is 29.1 Å². The Hall–Kier alpha value is -3.14. The molecular formula is C23H25N5O2. The van der Waals surface area contributed by atoms with Crippen LogP contribution in [0.15, 0.2) is 41.9 Å². The van der Waals surface area contributed by atoms with Crippen LogP contribution < -0.4 is 0 Å². The van der Waals surface area contributed by atoms with Crippen molar-refractivity contribution < 1.29 is 9.63 Å². The second-order valence-electron chi connectivity index (χ2n) is 9.29. The molecule has 3 atom stereocenters. The third-order valence-electron chi connectivity index (χ3n) is 6.65. The van der Waals surface area contributed by atoms with Crippen LogP contribution in [-0.4, -0.2) is 44.8 Å². The van der Waals surface area contributed by atoms with Crippen molar-refractivity contribution >= 4 is 11.6 Å². The third-order valence-corrected chi connectivity index (χ3v) is 6.65. The number of amides is 1. The maximum absolute atomic E-state index is 13.0. The molecule has 0 N–H and O–H groups in total. The van der Waals surface area contributed by atoms with E-state index in [-0.39, 0.29) is 17.6 Å². The number of benzene rings is 1. The summed E-state index contributed by atoms with van der Waals surface area (Å²) < 4.78 is 1.93. The van der Waals surface area contributed by atoms with Crippen LogP contribution in [0.3, 0.4) is 0 Å². The normalized spacial score (nSPS) is 27.1. The SMILES string of the molecule is C[C@@H](c1cccc(C#N)c1)n1cnc(C(=O)N2C[C@@H]3C(C4=NOC(C)(C)C4)[C@H]3C2)c1. The molecular weight excluding hydrogens is 378 g/mol. The Labute approximate surface area is 175 Å². The van der Waals surface area contributed by atoms with Crippen LogP contribution in [0.4, 0.5) is 0 Å². The molecule has 0 spiro atoms. The number of carbonyl (C=O) groups is 1. The molecule has 7 heteroatoms. The molecule has 154 valence electrons. The topological polar surface area (TPSA) is 83.5 Å². The van der Waals surface area contributed by atoms with E-state index >= 15 is 0 Å². The summed E-state index contributed by atoms with van der Waals surface area (Å²) in [6, 6.07) is 9.68. The monoisotopic (exact) mass is 403 g/mol. The number of nitriles is 1. The van der Waals surface area contributed by atoms with Crippen molar-refractivity contribution in [3.8, 4) is 6.07 Å². The van der Waals surface area contributed by atoms with Crippen LogP contribution in [0.1, 0.15) is 54.8 Å². The van der Waals surface area contributed by atoms with Gasteiger partial charge in [-0.2, -0.15) is 5.26 Å². The average Bonchev–Trinajstić information content (AvgIpc) is 3.17. The number of likely N-dealkylation sites (tertiary alicyclic amines) is 1. The number of rotatable bonds is 4. The van der Waals surface area contributed by atoms with E-state index < -0.39 is 0 Å². The summed E-state index contributed by atoms with van der Waals surface area (Å²) in [6.45, 7) is 7.69. The van der Waals surface area contributed by atoms with Gasteiger partial charge in [0.15, 0.2) is 0 Å². The molecule has 1 aliphatic carbocycles. The fraction of sp³-hybridized carbons (Fsp3) is 0.478. The summed E-state index contributed by atoms with van der Waals surface area (Å²) in [6.07, 6.45) is 4.39. The molecule has 1 aromatic heterocycles. The van der Waals surface area contributed by atoms with Gasteiger partial charge >= 0.3 is 0 Å². The lowest BCUT2D eigenvalue weighted by molar-refractivity contribution is 0.0123. The minimum absolute atomic E-state index is 0.00700. The van der Waals surface area contributed by atoms with Gasteiger partial charge in [-0.15, -0.1) is 0 Å². The molecule has 2 aromatic rings. The fourth-order valence-corrected chi connectivity index (χ4v) is 4.91. The summed E-state index contributed by atoms with van der Waals surface area (Å²) in [5.41, 5.74) is 3.08. The van der Waals surface area contributed by atoms with Gasteiger partial charge in [0, 0.05) is 31.6 Å². The number of piperidine rings is 1. The van der Waals surface area contributed by atoms with E-state index in [4.69, 9.17) is 10.1 Å². The zero-order valence-corrected chi connectivity index (χ0v) is 17.4. The van der Waals surface area contributed by atoms with Gasteiger partial charge in [-0.25, -0.2) is 4.98 Å². The van der Waals surface area contributed by atoms with Crippen LogP contribution >= 0.6 is 0 Å². The smallest absolute Gasteiger partial charge is 0.274 e. The lowest BCUT2D eigenvalue weighted by Crippen LogP contribution is -2.33. The van der Waals surface area contributed by atoms with Crippen molar-refractivity contribution in [2.24, 2.45) is 22.9 Å². The van der Waals surface area contributed by atoms with E-state index in [1.807, 2.05) is 40.8 Å². The Balaban J connectivity index is 1.23. The predicted octanol–water partition coefficient (Wildman–Crippen LogP) is 3.24. The average molecular weight is 403 g/mol. The molecule has 0 radical (unpaired) electrons. The van der Waals surface area contributed by atoms with Crippen molar-refractivity contribution in [1.29, 1.82) is 5.26 Å². The summed E-state index contributed by atoms with van der Waals surface area (Å²) in [4.78, 5) is 24.8. The van der Waals surface area contributed by atoms with Crippen molar-refractivity contribution in [2.45, 2.75) is 38.8 Å². The van der Waals surface area contributed by atoms with Crippen LogP contribution in [0.2, 0.25) is 0 Å². The molecule has 1 saturated heterocycles. The van der Waals surface area contributed by atoms with Crippen molar-refractivity contribution in [1.82, 2.24) is 14.5 Å². The zero-order valence-electron chi connectivity index (χ0n) is 17.4. The molecule has 7 nitrogen and oxygen atoms in total. The van der Waals surface area contributed by atoms with Gasteiger partial charge in [0.1, 0.15) is 11.3 Å². The lowest BCUT2D eigenvalue weighted by Gasteiger charge is -2.19. The highest BCUT2D eigenvalue weighted by molar-refractivity contribution is 5.94. The maximum Gasteiger partial charge on any atom is 0.274 e. The van der Waals surface area contributed by atoms with Crippen molar-refractivity contribution in [2.75, 3.05) is 13.1 Å². The first-order valence-corrected chi connectivity index (χ1v) is 10.4. The Morgan fingerprint density at radius 3 is 2.77 bits per heavy atom. The Morgan fingerprint density at radius 2 is 2.10 bits per heavy atom. The second kappa shape index (κ2) is 6.69. The summed E-state index contributed by atoms with van der Waals surface area (Å²) >= 11 is 0. The highest BCUT2D eigenvalue weighted by atomic mass is 16.7. The van der Waals surface area contributed by atoms with Gasteiger partial charge in [0.25, 0.3) is 5.91 Å². The number of hydrogen-bond acceptors (Lipinski definition) is 5. The number of hydrogen-bond donors (Lipinski definition) is 0. The van der Waals surface area contributed by atoms with Crippen LogP contribution in [0.25, 0.3) is 0 Å². The first-order chi connectivity index (χ1) is 14.4. The minimum Gasteiger partial charge on any atom is -0.389 e. The number of oxime groups is 1. The van der Waals surface area contributed by atoms with Gasteiger partial charge in [0.2, 0.25) is 0 Å². The van der Waals surface area contributed by atoms with E-state index in [1.165, 1.54) is 5.71 Å². The summed E-state index contributed by atoms with van der Waals surface area (Å²) in [5.74, 6) is 1.46. The number of fused-ring (bicyclic) bond motifs is 1. The first kappa shape index (κ1) is 18.9. The maximum atomic E-state index is 13.0. The van der Waals surface area contributed by atoms with E-state index in [0.29, 0.717) is 29.0 Å². The van der Waals surface area contributed by atoms with E-state index in [1.54, 1.807) is 12.4 Å². The molecule has 3 aliphatic rings. The number of imidazole rings is 1. The van der Waals surface area contributed by atoms with Gasteiger partial charge in [0.05, 0.1) is 29.7 Å². The van der Waals surface area contributed by atoms with Gasteiger partial charge in [-0.3, -0.25) is 4.79 Å². The Kier molecular flexibility index (Phi) is 4.21. The van der Waals surface area contributed by atoms with Gasteiger partial charge in [-0.1, -0.05) is 17.3 Å². The molecule has 0 bridgehead atoms. The number of carbonyl (C=O) groups excluding carboxylic acids is 1. The summed E-state index contributed by atoms with van der Waals surface area (Å²) in [7, 11) is 0. The Bertz CT molecular complexity index is 1070. The molecule has 2 aliphatic heterocycles. The highest BCUT2D eigenvalue weighted by Crippen LogP contribution is 2.54. The largest absolute Gasteiger partial charge is 0.389 e.